The molecule has 1 nitrogen and oxygen atoms in total. The van der Waals surface area contributed by atoms with Crippen LogP contribution in [0.25, 0.3) is 0 Å². The van der Waals surface area contributed by atoms with Crippen LogP contribution in [0.2, 0.25) is 0 Å². The molecule has 0 saturated heterocycles. The molecule has 0 unspecified atom stereocenters. The van der Waals surface area contributed by atoms with Crippen molar-refractivity contribution in [2.24, 2.45) is 0 Å². The zero-order valence-electron chi connectivity index (χ0n) is 27.4. The Kier molecular flexibility index (Phi) is 50.3. The number of hydrogen-bond acceptors (Lipinski definition) is 1. The molecule has 0 aliphatic carbocycles. The van der Waals surface area contributed by atoms with E-state index in [4.69, 9.17) is 4.65 Å². The predicted molar refractivity (Wildman–Crippen MR) is 262 cm³/mol. The van der Waals surface area contributed by atoms with E-state index in [0.717, 1.165) is 0 Å². The molecule has 0 radical (unpaired) electrons. The summed E-state index contributed by atoms with van der Waals surface area (Å²) in [6, 6.07) is 0. The zero-order valence-corrected chi connectivity index (χ0v) is 27.4. The molecule has 0 amide bonds. The molecule has 0 saturated carbocycles. The Morgan fingerprint density at radius 2 is 0.413 bits per heavy atom. The summed E-state index contributed by atoms with van der Waals surface area (Å²) in [6.45, 7) is 84.2. The summed E-state index contributed by atoms with van der Waals surface area (Å²) in [5, 5.41) is 0. The van der Waals surface area contributed by atoms with E-state index in [1.165, 1.54) is 0 Å². The minimum atomic E-state index is 0.689. The molecular formula is C2H7B43O. The van der Waals surface area contributed by atoms with Gasteiger partial charge in [0.15, 0.2) is 0 Å². The van der Waals surface area contributed by atoms with E-state index in [0.29, 0.717) is 6.61 Å². The molecule has 44 heteroatoms. The Labute approximate surface area is 305 Å². The van der Waals surface area contributed by atoms with Crippen LogP contribution >= 0.6 is 0 Å². The maximum absolute atomic E-state index is 5.10. The predicted octanol–water partition coefficient (Wildman–Crippen LogP) is -16.4. The minimum absolute atomic E-state index is 0.689. The van der Waals surface area contributed by atoms with E-state index in [9.17, 15) is 0 Å². The summed E-state index contributed by atoms with van der Waals surface area (Å²) >= 11 is 0. The van der Waals surface area contributed by atoms with Gasteiger partial charge in [0.05, 0.1) is 0 Å². The van der Waals surface area contributed by atoms with Gasteiger partial charge in [-0.3, -0.25) is 0 Å². The molecule has 0 heterocycles. The molecule has 0 aliphatic heterocycles. The summed E-state index contributed by atoms with van der Waals surface area (Å²) in [6.07, 6.45) is 0. The summed E-state index contributed by atoms with van der Waals surface area (Å²) in [4.78, 5) is 0. The van der Waals surface area contributed by atoms with E-state index in [-0.39, 0.29) is 0 Å². The molecule has 0 N–H and O–H groups in total. The zero-order chi connectivity index (χ0) is 33.1. The van der Waals surface area contributed by atoms with Crippen LogP contribution < -0.4 is 0 Å². The SMILES string of the molecule is BB=BB=BB=BB=BB=BB=BB=BB=BB=BB=BB=BB=BB=BB=BB=BB=BB=BB=BB=BB=BB=BOCC. The van der Waals surface area contributed by atoms with Crippen molar-refractivity contribution in [3.05, 3.63) is 0 Å². The van der Waals surface area contributed by atoms with Crippen molar-refractivity contribution in [1.29, 1.82) is 0 Å². The Balaban J connectivity index is 4.03. The van der Waals surface area contributed by atoms with E-state index in [1.807, 2.05) is 289 Å². The van der Waals surface area contributed by atoms with Gasteiger partial charge < -0.3 is 0 Å². The first-order valence-corrected chi connectivity index (χ1v) is 15.5. The van der Waals surface area contributed by atoms with Gasteiger partial charge in [-0.25, -0.2) is 0 Å². The van der Waals surface area contributed by atoms with E-state index in [1.54, 1.807) is 7.00 Å². The molecule has 46 heavy (non-hydrogen) atoms. The summed E-state index contributed by atoms with van der Waals surface area (Å²) < 4.78 is 5.10. The molecule has 0 aromatic heterocycles. The number of rotatable bonds is 22. The summed E-state index contributed by atoms with van der Waals surface area (Å²) in [5.41, 5.74) is 0. The van der Waals surface area contributed by atoms with Gasteiger partial charge in [0.25, 0.3) is 0 Å². The van der Waals surface area contributed by atoms with E-state index >= 15 is 0 Å². The molecule has 0 aromatic rings. The van der Waals surface area contributed by atoms with Crippen LogP contribution in [0.3, 0.4) is 0 Å². The van der Waals surface area contributed by atoms with Crippen molar-refractivity contribution in [1.82, 2.24) is 0 Å². The van der Waals surface area contributed by atoms with Crippen LogP contribution in [0, 0.1) is 0 Å². The Morgan fingerprint density at radius 3 is 0.565 bits per heavy atom. The second-order valence-electron chi connectivity index (χ2n) is 8.62. The van der Waals surface area contributed by atoms with Gasteiger partial charge in [-0.1, -0.05) is 0 Å². The molecule has 0 spiro atoms. The second kappa shape index (κ2) is 47.6. The fourth-order valence-corrected chi connectivity index (χ4v) is 2.75. The van der Waals surface area contributed by atoms with Crippen LogP contribution in [0.4, 0.5) is 0 Å². The first kappa shape index (κ1) is 48.6. The first-order chi connectivity index (χ1) is 22.9. The van der Waals surface area contributed by atoms with Gasteiger partial charge >= 0.3 is 307 Å². The molecular weight excluding hydrogens is 505 g/mol. The van der Waals surface area contributed by atoms with Crippen molar-refractivity contribution >= 4 is 289 Å². The quantitative estimate of drug-likeness (QED) is 0.131. The first-order valence-electron chi connectivity index (χ1n) is 15.5. The topological polar surface area (TPSA) is 9.23 Å². The van der Waals surface area contributed by atoms with Gasteiger partial charge in [-0.2, -0.15) is 0 Å². The molecule has 150 valence electrons. The monoisotopic (exact) mass is 520 g/mol. The van der Waals surface area contributed by atoms with Crippen molar-refractivity contribution in [2.45, 2.75) is 6.92 Å². The summed E-state index contributed by atoms with van der Waals surface area (Å²) in [5.74, 6) is 0. The van der Waals surface area contributed by atoms with Gasteiger partial charge in [0.2, 0.25) is 0 Å². The van der Waals surface area contributed by atoms with Crippen LogP contribution in [0.15, 0.2) is 0 Å². The van der Waals surface area contributed by atoms with Crippen molar-refractivity contribution in [2.75, 3.05) is 6.61 Å². The van der Waals surface area contributed by atoms with Crippen LogP contribution in [-0.4, -0.2) is 296 Å². The van der Waals surface area contributed by atoms with Gasteiger partial charge in [-0.15, -0.1) is 0 Å². The maximum atomic E-state index is 5.10. The van der Waals surface area contributed by atoms with Gasteiger partial charge in [-0.05, 0) is 0 Å². The Hall–Kier alpha value is 2.59. The third-order valence-electron chi connectivity index (χ3n) is 4.87. The van der Waals surface area contributed by atoms with Gasteiger partial charge in [0.1, 0.15) is 0 Å². The second-order valence-corrected chi connectivity index (χ2v) is 8.62. The Morgan fingerprint density at radius 1 is 0.261 bits per heavy atom. The molecule has 0 rings (SSSR count). The average molecular weight is 512 g/mol. The number of hydrogen-bond donors (Lipinski definition) is 0. The molecule has 0 aromatic carbocycles. The van der Waals surface area contributed by atoms with Crippen LogP contribution in [0.5, 0.6) is 0 Å². The van der Waals surface area contributed by atoms with Crippen molar-refractivity contribution in [3.63, 3.8) is 0 Å². The van der Waals surface area contributed by atoms with E-state index in [2.05, 4.69) is 0 Å². The summed E-state index contributed by atoms with van der Waals surface area (Å²) in [7, 11) is 3.68. The molecule has 0 atom stereocenters. The standard InChI is InChI=1S/C2H7B43O/c1-2-46-45-44-43-42-41-40-39-38-37-36-35-34-33-32-31-30-29-28-27-26-25-24-23-22-21-20-19-18-17-16-15-14-13-12-11-10-9-8-7-6-5-4-3/h2-3H2,1H3. The fraction of sp³-hybridized carbons (Fsp3) is 1.00. The normalized spacial score (nSPS) is 7.85. The van der Waals surface area contributed by atoms with Gasteiger partial charge in [0, 0.05) is 0 Å². The average Bonchev–Trinajstić information content (AvgIpc) is 3.07. The molecule has 0 fully saturated rings. The van der Waals surface area contributed by atoms with Crippen LogP contribution in [0.1, 0.15) is 6.92 Å². The Bertz CT molecular complexity index is 1380. The fourth-order valence-electron chi connectivity index (χ4n) is 2.75. The van der Waals surface area contributed by atoms with Crippen molar-refractivity contribution < 1.29 is 4.65 Å². The molecule has 0 bridgehead atoms. The van der Waals surface area contributed by atoms with Crippen molar-refractivity contribution in [3.8, 4) is 0 Å². The van der Waals surface area contributed by atoms with E-state index < -0.39 is 0 Å². The third-order valence-corrected chi connectivity index (χ3v) is 4.87. The molecule has 0 aliphatic rings. The van der Waals surface area contributed by atoms with Crippen LogP contribution in [-0.2, 0) is 4.65 Å². The third kappa shape index (κ3) is 46.6.